The monoisotopic (exact) mass is 865 g/mol. The fourth-order valence-corrected chi connectivity index (χ4v) is 7.09. The van der Waals surface area contributed by atoms with Crippen LogP contribution in [-0.2, 0) is 28.6 Å². The number of allylic oxidation sites excluding steroid dienone is 12. The third-order valence-corrected chi connectivity index (χ3v) is 11.0. The highest BCUT2D eigenvalue weighted by molar-refractivity contribution is 5.71. The van der Waals surface area contributed by atoms with Crippen molar-refractivity contribution in [3.05, 3.63) is 72.9 Å². The minimum atomic E-state index is -0.796. The van der Waals surface area contributed by atoms with Crippen LogP contribution in [0.3, 0.4) is 0 Å². The minimum absolute atomic E-state index is 0.0942. The standard InChI is InChI=1S/C56H96O6/c1-4-7-10-13-16-19-22-25-27-29-31-34-37-40-43-46-49-55(58)61-52-53(51-60-54(57)48-45-42-39-36-33-30-24-21-18-15-12-9-6-3)62-56(59)50-47-44-41-38-35-32-28-26-23-20-17-14-11-8-5-2/h8,11,14,17,20,23,26-30,33,53H,4-7,9-10,12-13,15-16,18-19,21-22,24-25,31-32,34-52H2,1-3H3/b11-8-,17-14-,23-20-,28-26-,29-27-,33-30-. The molecule has 62 heavy (non-hydrogen) atoms. The Balaban J connectivity index is 4.45. The molecule has 0 aromatic rings. The van der Waals surface area contributed by atoms with Crippen molar-refractivity contribution in [2.75, 3.05) is 13.2 Å². The van der Waals surface area contributed by atoms with Crippen LogP contribution in [-0.4, -0.2) is 37.2 Å². The van der Waals surface area contributed by atoms with E-state index in [0.717, 1.165) is 103 Å². The maximum absolute atomic E-state index is 12.8. The van der Waals surface area contributed by atoms with E-state index in [1.807, 2.05) is 18.2 Å². The van der Waals surface area contributed by atoms with Gasteiger partial charge in [0.15, 0.2) is 6.10 Å². The van der Waals surface area contributed by atoms with Crippen molar-refractivity contribution in [3.63, 3.8) is 0 Å². The van der Waals surface area contributed by atoms with E-state index in [1.54, 1.807) is 0 Å². The molecule has 0 saturated heterocycles. The molecular weight excluding hydrogens is 769 g/mol. The lowest BCUT2D eigenvalue weighted by atomic mass is 10.1. The molecule has 0 amide bonds. The van der Waals surface area contributed by atoms with E-state index in [4.69, 9.17) is 14.2 Å². The van der Waals surface area contributed by atoms with Gasteiger partial charge in [0.1, 0.15) is 13.2 Å². The first-order valence-electron chi connectivity index (χ1n) is 26.0. The Bertz CT molecular complexity index is 1180. The van der Waals surface area contributed by atoms with Gasteiger partial charge in [-0.2, -0.15) is 0 Å². The third kappa shape index (κ3) is 47.9. The van der Waals surface area contributed by atoms with Gasteiger partial charge in [-0.05, 0) is 89.9 Å². The minimum Gasteiger partial charge on any atom is -0.462 e. The second-order valence-corrected chi connectivity index (χ2v) is 17.1. The van der Waals surface area contributed by atoms with Gasteiger partial charge < -0.3 is 14.2 Å². The zero-order valence-electron chi connectivity index (χ0n) is 40.6. The van der Waals surface area contributed by atoms with Gasteiger partial charge in [-0.25, -0.2) is 0 Å². The summed E-state index contributed by atoms with van der Waals surface area (Å²) in [5, 5.41) is 0. The molecule has 0 aromatic carbocycles. The van der Waals surface area contributed by atoms with Crippen molar-refractivity contribution in [1.29, 1.82) is 0 Å². The molecule has 6 heteroatoms. The van der Waals surface area contributed by atoms with Gasteiger partial charge in [0.05, 0.1) is 0 Å². The molecule has 0 fully saturated rings. The number of carbonyl (C=O) groups is 3. The van der Waals surface area contributed by atoms with Crippen molar-refractivity contribution in [2.24, 2.45) is 0 Å². The molecule has 1 atom stereocenters. The van der Waals surface area contributed by atoms with Gasteiger partial charge >= 0.3 is 17.9 Å². The summed E-state index contributed by atoms with van der Waals surface area (Å²) in [5.74, 6) is -0.940. The second kappa shape index (κ2) is 50.5. The van der Waals surface area contributed by atoms with E-state index < -0.39 is 6.10 Å². The molecule has 1 unspecified atom stereocenters. The number of hydrogen-bond donors (Lipinski definition) is 0. The van der Waals surface area contributed by atoms with Gasteiger partial charge in [0.25, 0.3) is 0 Å². The number of unbranched alkanes of at least 4 members (excludes halogenated alkanes) is 26. The van der Waals surface area contributed by atoms with Crippen LogP contribution in [0.1, 0.15) is 245 Å². The average Bonchev–Trinajstić information content (AvgIpc) is 3.27. The van der Waals surface area contributed by atoms with Crippen LogP contribution in [0, 0.1) is 0 Å². The maximum Gasteiger partial charge on any atom is 0.306 e. The van der Waals surface area contributed by atoms with Crippen molar-refractivity contribution in [1.82, 2.24) is 0 Å². The highest BCUT2D eigenvalue weighted by Crippen LogP contribution is 2.14. The molecule has 0 rings (SSSR count). The first-order chi connectivity index (χ1) is 30.5. The molecule has 0 aromatic heterocycles. The molecular formula is C56H96O6. The summed E-state index contributed by atoms with van der Waals surface area (Å²) in [4.78, 5) is 38.0. The summed E-state index contributed by atoms with van der Waals surface area (Å²) < 4.78 is 16.8. The SMILES string of the molecule is CC\C=C/C=C\C=C/C=C\CCCCCCCC(=O)OC(COC(=O)CCCCC/C=C\CCCCCCCC)COC(=O)CCCCCCC/C=C\CCCCCCCCC. The van der Waals surface area contributed by atoms with Gasteiger partial charge in [-0.15, -0.1) is 0 Å². The second-order valence-electron chi connectivity index (χ2n) is 17.1. The van der Waals surface area contributed by atoms with Crippen molar-refractivity contribution < 1.29 is 28.6 Å². The third-order valence-electron chi connectivity index (χ3n) is 11.0. The molecule has 0 aliphatic carbocycles. The van der Waals surface area contributed by atoms with Gasteiger partial charge in [0, 0.05) is 19.3 Å². The number of esters is 3. The van der Waals surface area contributed by atoms with E-state index in [9.17, 15) is 14.4 Å². The first kappa shape index (κ1) is 58.9. The smallest absolute Gasteiger partial charge is 0.306 e. The Labute approximate surface area is 382 Å². The van der Waals surface area contributed by atoms with Crippen molar-refractivity contribution >= 4 is 17.9 Å². The highest BCUT2D eigenvalue weighted by Gasteiger charge is 2.19. The summed E-state index contributed by atoms with van der Waals surface area (Å²) >= 11 is 0. The highest BCUT2D eigenvalue weighted by atomic mass is 16.6. The predicted molar refractivity (Wildman–Crippen MR) is 265 cm³/mol. The summed E-state index contributed by atoms with van der Waals surface area (Å²) in [7, 11) is 0. The van der Waals surface area contributed by atoms with Crippen LogP contribution >= 0.6 is 0 Å². The van der Waals surface area contributed by atoms with Crippen LogP contribution in [0.4, 0.5) is 0 Å². The van der Waals surface area contributed by atoms with E-state index in [-0.39, 0.29) is 31.1 Å². The van der Waals surface area contributed by atoms with Crippen LogP contribution in [0.2, 0.25) is 0 Å². The van der Waals surface area contributed by atoms with E-state index in [1.165, 1.54) is 103 Å². The zero-order valence-corrected chi connectivity index (χ0v) is 40.6. The Hall–Kier alpha value is -3.15. The van der Waals surface area contributed by atoms with E-state index in [0.29, 0.717) is 19.3 Å². The van der Waals surface area contributed by atoms with E-state index >= 15 is 0 Å². The summed E-state index contributed by atoms with van der Waals surface area (Å²) in [6.07, 6.45) is 63.1. The van der Waals surface area contributed by atoms with Crippen LogP contribution < -0.4 is 0 Å². The van der Waals surface area contributed by atoms with Gasteiger partial charge in [0.2, 0.25) is 0 Å². The molecule has 0 spiro atoms. The van der Waals surface area contributed by atoms with Crippen molar-refractivity contribution in [2.45, 2.75) is 252 Å². The van der Waals surface area contributed by atoms with Gasteiger partial charge in [-0.3, -0.25) is 14.4 Å². The number of ether oxygens (including phenoxy) is 3. The number of hydrogen-bond acceptors (Lipinski definition) is 6. The number of rotatable bonds is 46. The van der Waals surface area contributed by atoms with Crippen molar-refractivity contribution in [3.8, 4) is 0 Å². The largest absolute Gasteiger partial charge is 0.462 e. The van der Waals surface area contributed by atoms with Crippen LogP contribution in [0.25, 0.3) is 0 Å². The van der Waals surface area contributed by atoms with E-state index in [2.05, 4.69) is 75.5 Å². The Kier molecular flexibility index (Phi) is 47.9. The lowest BCUT2D eigenvalue weighted by Crippen LogP contribution is -2.30. The summed E-state index contributed by atoms with van der Waals surface area (Å²) in [5.41, 5.74) is 0. The molecule has 0 aliphatic rings. The molecule has 0 aliphatic heterocycles. The predicted octanol–water partition coefficient (Wildman–Crippen LogP) is 17.0. The molecule has 0 saturated carbocycles. The molecule has 0 heterocycles. The number of carbonyl (C=O) groups excluding carboxylic acids is 3. The van der Waals surface area contributed by atoms with Crippen LogP contribution in [0.15, 0.2) is 72.9 Å². The average molecular weight is 865 g/mol. The fraction of sp³-hybridized carbons (Fsp3) is 0.732. The Morgan fingerprint density at radius 2 is 0.645 bits per heavy atom. The van der Waals surface area contributed by atoms with Gasteiger partial charge in [-0.1, -0.05) is 209 Å². The molecule has 356 valence electrons. The Morgan fingerprint density at radius 3 is 1.05 bits per heavy atom. The van der Waals surface area contributed by atoms with Crippen LogP contribution in [0.5, 0.6) is 0 Å². The summed E-state index contributed by atoms with van der Waals surface area (Å²) in [6, 6.07) is 0. The maximum atomic E-state index is 12.8. The summed E-state index contributed by atoms with van der Waals surface area (Å²) in [6.45, 7) is 6.45. The first-order valence-corrected chi connectivity index (χ1v) is 26.0. The fourth-order valence-electron chi connectivity index (χ4n) is 7.09. The molecule has 6 nitrogen and oxygen atoms in total. The lowest BCUT2D eigenvalue weighted by Gasteiger charge is -2.18. The quantitative estimate of drug-likeness (QED) is 0.0199. The lowest BCUT2D eigenvalue weighted by molar-refractivity contribution is -0.167. The normalized spacial score (nSPS) is 12.6. The topological polar surface area (TPSA) is 78.9 Å². The molecule has 0 radical (unpaired) electrons. The Morgan fingerprint density at radius 1 is 0.339 bits per heavy atom. The molecule has 0 N–H and O–H groups in total. The molecule has 0 bridgehead atoms. The zero-order chi connectivity index (χ0) is 45.1.